The Balaban J connectivity index is 2.41. The first-order chi connectivity index (χ1) is 8.54. The minimum absolute atomic E-state index is 0.165. The highest BCUT2D eigenvalue weighted by molar-refractivity contribution is 5.59. The number of rotatable bonds is 4. The van der Waals surface area contributed by atoms with Crippen LogP contribution in [-0.4, -0.2) is 28.3 Å². The molecule has 0 aliphatic heterocycles. The lowest BCUT2D eigenvalue weighted by Gasteiger charge is -2.27. The number of ether oxygens (including phenoxy) is 1. The zero-order valence-electron chi connectivity index (χ0n) is 10.9. The number of nitrogen functional groups attached to an aromatic ring is 1. The lowest BCUT2D eigenvalue weighted by atomic mass is 10.1. The summed E-state index contributed by atoms with van der Waals surface area (Å²) in [6, 6.07) is 3.73. The first-order valence-corrected chi connectivity index (χ1v) is 5.78. The number of anilines is 1. The molecule has 2 aromatic heterocycles. The van der Waals surface area contributed by atoms with Gasteiger partial charge in [-0.1, -0.05) is 0 Å². The van der Waals surface area contributed by atoms with Crippen LogP contribution in [0, 0.1) is 0 Å². The second-order valence-electron chi connectivity index (χ2n) is 4.87. The van der Waals surface area contributed by atoms with Gasteiger partial charge in [-0.3, -0.25) is 0 Å². The van der Waals surface area contributed by atoms with Crippen molar-refractivity contribution in [1.29, 1.82) is 0 Å². The molecule has 0 aromatic carbocycles. The first-order valence-electron chi connectivity index (χ1n) is 5.78. The summed E-state index contributed by atoms with van der Waals surface area (Å²) < 4.78 is 7.34. The van der Waals surface area contributed by atoms with Crippen LogP contribution in [-0.2, 0) is 10.3 Å². The van der Waals surface area contributed by atoms with Crippen LogP contribution in [0.25, 0.3) is 11.3 Å². The minimum Gasteiger partial charge on any atom is -0.384 e. The summed E-state index contributed by atoms with van der Waals surface area (Å²) in [5.41, 5.74) is 7.43. The molecule has 0 radical (unpaired) electrons. The molecule has 2 aromatic rings. The van der Waals surface area contributed by atoms with Gasteiger partial charge >= 0.3 is 0 Å². The number of nitrogens with two attached hydrogens (primary N) is 1. The number of imidazole rings is 1. The average molecular weight is 246 g/mol. The van der Waals surface area contributed by atoms with E-state index in [1.807, 2.05) is 18.6 Å². The molecule has 0 unspecified atom stereocenters. The van der Waals surface area contributed by atoms with Gasteiger partial charge in [0.2, 0.25) is 0 Å². The maximum absolute atomic E-state index is 5.60. The van der Waals surface area contributed by atoms with Crippen molar-refractivity contribution in [2.75, 3.05) is 19.5 Å². The van der Waals surface area contributed by atoms with E-state index in [0.29, 0.717) is 12.4 Å². The second-order valence-corrected chi connectivity index (χ2v) is 4.87. The highest BCUT2D eigenvalue weighted by atomic mass is 16.5. The van der Waals surface area contributed by atoms with E-state index in [9.17, 15) is 0 Å². The van der Waals surface area contributed by atoms with Crippen LogP contribution in [0.15, 0.2) is 30.9 Å². The van der Waals surface area contributed by atoms with Crippen molar-refractivity contribution >= 4 is 5.82 Å². The highest BCUT2D eigenvalue weighted by Crippen LogP contribution is 2.25. The molecule has 18 heavy (non-hydrogen) atoms. The fourth-order valence-electron chi connectivity index (χ4n) is 1.97. The normalized spacial score (nSPS) is 11.7. The molecule has 0 spiro atoms. The second kappa shape index (κ2) is 4.78. The van der Waals surface area contributed by atoms with Crippen LogP contribution in [0.2, 0.25) is 0 Å². The Morgan fingerprint density at radius 3 is 2.72 bits per heavy atom. The molecule has 0 aliphatic rings. The third-order valence-electron chi connectivity index (χ3n) is 2.87. The van der Waals surface area contributed by atoms with Gasteiger partial charge < -0.3 is 15.0 Å². The highest BCUT2D eigenvalue weighted by Gasteiger charge is 2.23. The Labute approximate surface area is 107 Å². The fraction of sp³-hybridized carbons (Fsp3) is 0.385. The van der Waals surface area contributed by atoms with Crippen LogP contribution in [0.3, 0.4) is 0 Å². The van der Waals surface area contributed by atoms with Crippen LogP contribution in [0.1, 0.15) is 13.8 Å². The SMILES string of the molecule is COCC(C)(C)n1cncc1-c1ccc(N)nc1. The van der Waals surface area contributed by atoms with Gasteiger partial charge in [0.25, 0.3) is 0 Å². The summed E-state index contributed by atoms with van der Waals surface area (Å²) in [6.45, 7) is 4.82. The van der Waals surface area contributed by atoms with E-state index >= 15 is 0 Å². The van der Waals surface area contributed by atoms with Crippen LogP contribution in [0.4, 0.5) is 5.82 Å². The summed E-state index contributed by atoms with van der Waals surface area (Å²) in [5.74, 6) is 0.515. The number of pyridine rings is 1. The Bertz CT molecular complexity index is 516. The van der Waals surface area contributed by atoms with Gasteiger partial charge in [0.05, 0.1) is 30.4 Å². The van der Waals surface area contributed by atoms with E-state index in [1.165, 1.54) is 0 Å². The van der Waals surface area contributed by atoms with Crippen LogP contribution >= 0.6 is 0 Å². The van der Waals surface area contributed by atoms with E-state index in [4.69, 9.17) is 10.5 Å². The molecule has 0 saturated heterocycles. The molecule has 2 heterocycles. The van der Waals surface area contributed by atoms with E-state index in [2.05, 4.69) is 28.4 Å². The maximum Gasteiger partial charge on any atom is 0.123 e. The topological polar surface area (TPSA) is 66.0 Å². The average Bonchev–Trinajstić information content (AvgIpc) is 2.79. The lowest BCUT2D eigenvalue weighted by Crippen LogP contribution is -2.31. The standard InChI is InChI=1S/C13H18N4O/c1-13(2,8-18-3)17-9-15-7-11(17)10-4-5-12(14)16-6-10/h4-7,9H,8H2,1-3H3,(H2,14,16). The third-order valence-corrected chi connectivity index (χ3v) is 2.87. The number of nitrogens with zero attached hydrogens (tertiary/aromatic N) is 3. The molecule has 0 atom stereocenters. The summed E-state index contributed by atoms with van der Waals surface area (Å²) in [4.78, 5) is 8.33. The molecule has 5 nitrogen and oxygen atoms in total. The van der Waals surface area contributed by atoms with E-state index in [1.54, 1.807) is 19.4 Å². The molecular weight excluding hydrogens is 228 g/mol. The zero-order valence-corrected chi connectivity index (χ0v) is 10.9. The smallest absolute Gasteiger partial charge is 0.123 e. The Morgan fingerprint density at radius 2 is 2.11 bits per heavy atom. The van der Waals surface area contributed by atoms with E-state index < -0.39 is 0 Å². The van der Waals surface area contributed by atoms with Gasteiger partial charge in [0, 0.05) is 18.9 Å². The summed E-state index contributed by atoms with van der Waals surface area (Å²) in [5, 5.41) is 0. The van der Waals surface area contributed by atoms with E-state index in [0.717, 1.165) is 11.3 Å². The minimum atomic E-state index is -0.165. The van der Waals surface area contributed by atoms with Gasteiger partial charge in [-0.25, -0.2) is 9.97 Å². The van der Waals surface area contributed by atoms with Crippen molar-refractivity contribution in [2.45, 2.75) is 19.4 Å². The fourth-order valence-corrected chi connectivity index (χ4v) is 1.97. The Kier molecular flexibility index (Phi) is 3.34. The molecule has 0 amide bonds. The number of aromatic nitrogens is 3. The van der Waals surface area contributed by atoms with Gasteiger partial charge in [0.1, 0.15) is 5.82 Å². The Morgan fingerprint density at radius 1 is 1.33 bits per heavy atom. The predicted octanol–water partition coefficient (Wildman–Crippen LogP) is 1.91. The molecule has 96 valence electrons. The van der Waals surface area contributed by atoms with Gasteiger partial charge in [-0.15, -0.1) is 0 Å². The van der Waals surface area contributed by atoms with Crippen LogP contribution < -0.4 is 5.73 Å². The third kappa shape index (κ3) is 2.36. The van der Waals surface area contributed by atoms with Crippen molar-refractivity contribution < 1.29 is 4.74 Å². The van der Waals surface area contributed by atoms with Gasteiger partial charge in [-0.2, -0.15) is 0 Å². The van der Waals surface area contributed by atoms with Gasteiger partial charge in [0.15, 0.2) is 0 Å². The monoisotopic (exact) mass is 246 g/mol. The molecule has 5 heteroatoms. The van der Waals surface area contributed by atoms with Crippen molar-refractivity contribution in [2.24, 2.45) is 0 Å². The molecular formula is C13H18N4O. The lowest BCUT2D eigenvalue weighted by molar-refractivity contribution is 0.110. The first kappa shape index (κ1) is 12.6. The molecule has 2 rings (SSSR count). The zero-order chi connectivity index (χ0) is 13.2. The number of methoxy groups -OCH3 is 1. The van der Waals surface area contributed by atoms with Crippen molar-refractivity contribution in [3.8, 4) is 11.3 Å². The molecule has 0 fully saturated rings. The summed E-state index contributed by atoms with van der Waals surface area (Å²) in [7, 11) is 1.70. The molecule has 2 N–H and O–H groups in total. The quantitative estimate of drug-likeness (QED) is 0.895. The summed E-state index contributed by atoms with van der Waals surface area (Å²) >= 11 is 0. The van der Waals surface area contributed by atoms with E-state index in [-0.39, 0.29) is 5.54 Å². The maximum atomic E-state index is 5.60. The largest absolute Gasteiger partial charge is 0.384 e. The van der Waals surface area contributed by atoms with Crippen LogP contribution in [0.5, 0.6) is 0 Å². The molecule has 0 saturated carbocycles. The summed E-state index contributed by atoms with van der Waals surface area (Å²) in [6.07, 6.45) is 5.39. The number of hydrogen-bond donors (Lipinski definition) is 1. The number of hydrogen-bond acceptors (Lipinski definition) is 4. The Hall–Kier alpha value is -1.88. The van der Waals surface area contributed by atoms with Crippen molar-refractivity contribution in [1.82, 2.24) is 14.5 Å². The molecule has 0 aliphatic carbocycles. The molecule has 0 bridgehead atoms. The van der Waals surface area contributed by atoms with Crippen molar-refractivity contribution in [3.05, 3.63) is 30.9 Å². The van der Waals surface area contributed by atoms with Crippen molar-refractivity contribution in [3.63, 3.8) is 0 Å². The van der Waals surface area contributed by atoms with Gasteiger partial charge in [-0.05, 0) is 26.0 Å². The predicted molar refractivity (Wildman–Crippen MR) is 71.1 cm³/mol.